The largest absolute Gasteiger partial charge is 0.387 e. The second kappa shape index (κ2) is 4.83. The van der Waals surface area contributed by atoms with Crippen molar-refractivity contribution in [2.45, 2.75) is 18.4 Å². The number of likely N-dealkylation sites (tertiary alicyclic amines) is 1. The van der Waals surface area contributed by atoms with Gasteiger partial charge in [0.15, 0.2) is 0 Å². The SMILES string of the molecule is NC(=O)c1ccsc1NC(=O)CN1CC(O)(C2CC2)C1. The Labute approximate surface area is 120 Å². The van der Waals surface area contributed by atoms with Crippen LogP contribution in [0.1, 0.15) is 23.2 Å². The smallest absolute Gasteiger partial charge is 0.251 e. The topological polar surface area (TPSA) is 95.7 Å². The highest BCUT2D eigenvalue weighted by molar-refractivity contribution is 7.14. The molecular formula is C13H17N3O3S. The van der Waals surface area contributed by atoms with Gasteiger partial charge in [0.05, 0.1) is 17.7 Å². The number of nitrogens with one attached hydrogen (secondary N) is 1. The molecule has 2 aliphatic rings. The van der Waals surface area contributed by atoms with Crippen molar-refractivity contribution >= 4 is 28.2 Å². The third-order valence-corrected chi connectivity index (χ3v) is 4.71. The Hall–Kier alpha value is -1.44. The molecular weight excluding hydrogens is 278 g/mol. The minimum Gasteiger partial charge on any atom is -0.387 e. The molecule has 1 aromatic heterocycles. The molecule has 4 N–H and O–H groups in total. The van der Waals surface area contributed by atoms with Crippen LogP contribution in [0.15, 0.2) is 11.4 Å². The van der Waals surface area contributed by atoms with Gasteiger partial charge in [0, 0.05) is 13.1 Å². The van der Waals surface area contributed by atoms with Crippen LogP contribution >= 0.6 is 11.3 Å². The van der Waals surface area contributed by atoms with Crippen LogP contribution < -0.4 is 11.1 Å². The van der Waals surface area contributed by atoms with E-state index < -0.39 is 11.5 Å². The fourth-order valence-corrected chi connectivity index (χ4v) is 3.50. The van der Waals surface area contributed by atoms with Crippen LogP contribution in [0.4, 0.5) is 5.00 Å². The fraction of sp³-hybridized carbons (Fsp3) is 0.538. The zero-order valence-corrected chi connectivity index (χ0v) is 11.8. The molecule has 3 rings (SSSR count). The number of nitrogens with two attached hydrogens (primary N) is 1. The van der Waals surface area contributed by atoms with Gasteiger partial charge in [-0.15, -0.1) is 11.3 Å². The molecule has 0 unspecified atom stereocenters. The summed E-state index contributed by atoms with van der Waals surface area (Å²) in [6.45, 7) is 1.33. The van der Waals surface area contributed by atoms with E-state index in [-0.39, 0.29) is 12.5 Å². The average molecular weight is 295 g/mol. The minimum atomic E-state index is -0.582. The molecule has 1 aromatic rings. The van der Waals surface area contributed by atoms with E-state index in [9.17, 15) is 14.7 Å². The molecule has 1 saturated heterocycles. The van der Waals surface area contributed by atoms with Crippen LogP contribution in [0.25, 0.3) is 0 Å². The van der Waals surface area contributed by atoms with Gasteiger partial charge >= 0.3 is 0 Å². The third kappa shape index (κ3) is 2.56. The van der Waals surface area contributed by atoms with Crippen LogP contribution in [-0.4, -0.2) is 47.1 Å². The van der Waals surface area contributed by atoms with Gasteiger partial charge in [0.2, 0.25) is 5.91 Å². The summed E-state index contributed by atoms with van der Waals surface area (Å²) >= 11 is 1.27. The second-order valence-corrected chi connectivity index (χ2v) is 6.51. The Morgan fingerprint density at radius 3 is 2.80 bits per heavy atom. The van der Waals surface area contributed by atoms with Crippen molar-refractivity contribution in [1.82, 2.24) is 4.90 Å². The number of β-amino-alcohol motifs (C(OH)–C–C–N with tert-alkyl or cyclic N) is 1. The number of carbonyl (C=O) groups excluding carboxylic acids is 2. The molecule has 0 bridgehead atoms. The van der Waals surface area contributed by atoms with Gasteiger partial charge < -0.3 is 16.2 Å². The van der Waals surface area contributed by atoms with Crippen LogP contribution in [0, 0.1) is 5.92 Å². The minimum absolute atomic E-state index is 0.187. The van der Waals surface area contributed by atoms with Crippen molar-refractivity contribution in [3.63, 3.8) is 0 Å². The van der Waals surface area contributed by atoms with Crippen molar-refractivity contribution in [2.75, 3.05) is 25.0 Å². The maximum Gasteiger partial charge on any atom is 0.251 e. The summed E-state index contributed by atoms with van der Waals surface area (Å²) in [5.41, 5.74) is 4.98. The van der Waals surface area contributed by atoms with Gasteiger partial charge in [-0.1, -0.05) is 0 Å². The first-order valence-electron chi connectivity index (χ1n) is 6.60. The molecule has 1 saturated carbocycles. The summed E-state index contributed by atoms with van der Waals surface area (Å²) in [4.78, 5) is 25.0. The lowest BCUT2D eigenvalue weighted by Crippen LogP contribution is -2.64. The van der Waals surface area contributed by atoms with Crippen molar-refractivity contribution in [3.8, 4) is 0 Å². The predicted molar refractivity (Wildman–Crippen MR) is 75.6 cm³/mol. The lowest BCUT2D eigenvalue weighted by Gasteiger charge is -2.46. The molecule has 1 aliphatic heterocycles. The molecule has 7 heteroatoms. The number of hydrogen-bond acceptors (Lipinski definition) is 5. The number of primary amides is 1. The molecule has 0 aromatic carbocycles. The van der Waals surface area contributed by atoms with Crippen LogP contribution in [0.2, 0.25) is 0 Å². The summed E-state index contributed by atoms with van der Waals surface area (Å²) in [6, 6.07) is 1.60. The number of rotatable bonds is 5. The maximum absolute atomic E-state index is 11.9. The van der Waals surface area contributed by atoms with Crippen molar-refractivity contribution < 1.29 is 14.7 Å². The van der Waals surface area contributed by atoms with E-state index in [2.05, 4.69) is 5.32 Å². The summed E-state index contributed by atoms with van der Waals surface area (Å²) < 4.78 is 0. The Kier molecular flexibility index (Phi) is 3.27. The van der Waals surface area contributed by atoms with Crippen molar-refractivity contribution in [1.29, 1.82) is 0 Å². The monoisotopic (exact) mass is 295 g/mol. The number of anilines is 1. The summed E-state index contributed by atoms with van der Waals surface area (Å²) in [6.07, 6.45) is 2.18. The zero-order valence-electron chi connectivity index (χ0n) is 11.0. The van der Waals surface area contributed by atoms with E-state index in [0.29, 0.717) is 29.6 Å². The van der Waals surface area contributed by atoms with Gasteiger partial charge in [-0.3, -0.25) is 14.5 Å². The molecule has 2 heterocycles. The highest BCUT2D eigenvalue weighted by Crippen LogP contribution is 2.44. The summed E-state index contributed by atoms with van der Waals surface area (Å²) in [5, 5.41) is 15.1. The quantitative estimate of drug-likeness (QED) is 0.725. The number of nitrogens with zero attached hydrogens (tertiary/aromatic N) is 1. The Bertz CT molecular complexity index is 547. The molecule has 2 fully saturated rings. The first-order chi connectivity index (χ1) is 9.48. The number of hydrogen-bond donors (Lipinski definition) is 3. The molecule has 0 atom stereocenters. The van der Waals surface area contributed by atoms with Crippen LogP contribution in [0.5, 0.6) is 0 Å². The Morgan fingerprint density at radius 1 is 1.50 bits per heavy atom. The first-order valence-corrected chi connectivity index (χ1v) is 7.48. The fourth-order valence-electron chi connectivity index (χ4n) is 2.69. The lowest BCUT2D eigenvalue weighted by molar-refractivity contribution is -0.132. The van der Waals surface area contributed by atoms with Crippen molar-refractivity contribution in [3.05, 3.63) is 17.0 Å². The molecule has 2 amide bonds. The van der Waals surface area contributed by atoms with Crippen molar-refractivity contribution in [2.24, 2.45) is 11.7 Å². The highest BCUT2D eigenvalue weighted by Gasteiger charge is 2.51. The van der Waals surface area contributed by atoms with Crippen LogP contribution in [-0.2, 0) is 4.79 Å². The van der Waals surface area contributed by atoms with Gasteiger partial charge in [0.1, 0.15) is 5.00 Å². The molecule has 0 radical (unpaired) electrons. The molecule has 108 valence electrons. The molecule has 0 spiro atoms. The van der Waals surface area contributed by atoms with E-state index in [1.165, 1.54) is 11.3 Å². The highest BCUT2D eigenvalue weighted by atomic mass is 32.1. The van der Waals surface area contributed by atoms with E-state index in [4.69, 9.17) is 5.73 Å². The number of thiophene rings is 1. The zero-order chi connectivity index (χ0) is 14.3. The average Bonchev–Trinajstić information content (AvgIpc) is 3.08. The van der Waals surface area contributed by atoms with Gasteiger partial charge in [0.25, 0.3) is 5.91 Å². The molecule has 20 heavy (non-hydrogen) atoms. The van der Waals surface area contributed by atoms with E-state index in [1.807, 2.05) is 4.90 Å². The van der Waals surface area contributed by atoms with E-state index in [1.54, 1.807) is 11.4 Å². The normalized spacial score (nSPS) is 21.2. The third-order valence-electron chi connectivity index (χ3n) is 3.88. The number of aliphatic hydroxyl groups is 1. The molecule has 6 nitrogen and oxygen atoms in total. The standard InChI is InChI=1S/C13H17N3O3S/c14-11(18)9-3-4-20-12(9)15-10(17)5-16-6-13(19,7-16)8-1-2-8/h3-4,8,19H,1-2,5-7H2,(H2,14,18)(H,15,17). The van der Waals surface area contributed by atoms with Gasteiger partial charge in [-0.25, -0.2) is 0 Å². The summed E-state index contributed by atoms with van der Waals surface area (Å²) in [5.74, 6) is -0.318. The number of carbonyl (C=O) groups is 2. The van der Waals surface area contributed by atoms with Gasteiger partial charge in [-0.05, 0) is 30.2 Å². The summed E-state index contributed by atoms with van der Waals surface area (Å²) in [7, 11) is 0. The van der Waals surface area contributed by atoms with E-state index in [0.717, 1.165) is 12.8 Å². The molecule has 1 aliphatic carbocycles. The van der Waals surface area contributed by atoms with Crippen LogP contribution in [0.3, 0.4) is 0 Å². The maximum atomic E-state index is 11.9. The van der Waals surface area contributed by atoms with E-state index >= 15 is 0 Å². The van der Waals surface area contributed by atoms with Gasteiger partial charge in [-0.2, -0.15) is 0 Å². The first kappa shape index (κ1) is 13.5. The lowest BCUT2D eigenvalue weighted by atomic mass is 9.89. The second-order valence-electron chi connectivity index (χ2n) is 5.60. The predicted octanol–water partition coefficient (Wildman–Crippen LogP) is 0.242. The number of amides is 2. The Balaban J connectivity index is 1.51. The Morgan fingerprint density at radius 2 is 2.20 bits per heavy atom.